The second kappa shape index (κ2) is 8.94. The predicted octanol–water partition coefficient (Wildman–Crippen LogP) is 4.20. The average molecular weight is 358 g/mol. The Hall–Kier alpha value is -1.52. The van der Waals surface area contributed by atoms with Crippen molar-refractivity contribution in [1.82, 2.24) is 4.90 Å². The van der Waals surface area contributed by atoms with E-state index < -0.39 is 5.97 Å². The Balaban J connectivity index is 2.60. The highest BCUT2D eigenvalue weighted by atomic mass is 35.5. The van der Waals surface area contributed by atoms with Gasteiger partial charge in [-0.1, -0.05) is 29.3 Å². The maximum atomic E-state index is 12.1. The van der Waals surface area contributed by atoms with E-state index in [0.717, 1.165) is 0 Å². The monoisotopic (exact) mass is 357 g/mol. The molecule has 126 valence electrons. The van der Waals surface area contributed by atoms with Gasteiger partial charge in [-0.2, -0.15) is 0 Å². The molecule has 0 spiro atoms. The minimum absolute atomic E-state index is 0.0459. The Labute approximate surface area is 147 Å². The third-order valence-electron chi connectivity index (χ3n) is 3.10. The minimum Gasteiger partial charge on any atom is -0.452 e. The van der Waals surface area contributed by atoms with Crippen LogP contribution in [0.1, 0.15) is 33.3 Å². The van der Waals surface area contributed by atoms with Crippen LogP contribution in [0.15, 0.2) is 24.3 Å². The van der Waals surface area contributed by atoms with Crippen molar-refractivity contribution >= 4 is 41.2 Å². The van der Waals surface area contributed by atoms with Gasteiger partial charge in [0.05, 0.1) is 0 Å². The standard InChI is InChI=1S/C17H21Cl2NO3/c1-11(2)20(12(3)4)16(21)10-23-17(22)8-6-13-5-7-14(18)9-15(13)19/h5-9,11-12H,10H2,1-4H3. The van der Waals surface area contributed by atoms with Crippen LogP contribution in [0.3, 0.4) is 0 Å². The zero-order chi connectivity index (χ0) is 17.6. The number of esters is 1. The van der Waals surface area contributed by atoms with E-state index in [2.05, 4.69) is 0 Å². The number of hydrogen-bond acceptors (Lipinski definition) is 3. The highest BCUT2D eigenvalue weighted by molar-refractivity contribution is 6.35. The number of nitrogens with zero attached hydrogens (tertiary/aromatic N) is 1. The van der Waals surface area contributed by atoms with Crippen LogP contribution in [0.4, 0.5) is 0 Å². The summed E-state index contributed by atoms with van der Waals surface area (Å²) in [5.41, 5.74) is 0.644. The van der Waals surface area contributed by atoms with Crippen molar-refractivity contribution in [3.8, 4) is 0 Å². The van der Waals surface area contributed by atoms with Gasteiger partial charge in [0.2, 0.25) is 0 Å². The van der Waals surface area contributed by atoms with Crippen LogP contribution in [0.2, 0.25) is 10.0 Å². The smallest absolute Gasteiger partial charge is 0.331 e. The quantitative estimate of drug-likeness (QED) is 0.566. The second-order valence-electron chi connectivity index (χ2n) is 5.60. The normalized spacial score (nSPS) is 11.3. The van der Waals surface area contributed by atoms with Gasteiger partial charge < -0.3 is 9.64 Å². The molecule has 1 aromatic rings. The molecule has 0 aliphatic rings. The van der Waals surface area contributed by atoms with Gasteiger partial charge in [-0.3, -0.25) is 4.79 Å². The molecular weight excluding hydrogens is 337 g/mol. The highest BCUT2D eigenvalue weighted by Crippen LogP contribution is 2.21. The molecule has 6 heteroatoms. The van der Waals surface area contributed by atoms with Crippen LogP contribution in [0.5, 0.6) is 0 Å². The summed E-state index contributed by atoms with van der Waals surface area (Å²) < 4.78 is 4.98. The van der Waals surface area contributed by atoms with Crippen LogP contribution in [0, 0.1) is 0 Å². The van der Waals surface area contributed by atoms with E-state index in [9.17, 15) is 9.59 Å². The van der Waals surface area contributed by atoms with E-state index in [4.69, 9.17) is 27.9 Å². The molecule has 0 aliphatic carbocycles. The Bertz CT molecular complexity index is 590. The van der Waals surface area contributed by atoms with Gasteiger partial charge >= 0.3 is 5.97 Å². The Morgan fingerprint density at radius 1 is 1.17 bits per heavy atom. The third-order valence-corrected chi connectivity index (χ3v) is 3.66. The summed E-state index contributed by atoms with van der Waals surface area (Å²) in [5, 5.41) is 0.950. The molecule has 0 atom stereocenters. The van der Waals surface area contributed by atoms with Crippen LogP contribution in [0.25, 0.3) is 6.08 Å². The zero-order valence-electron chi connectivity index (χ0n) is 13.7. The summed E-state index contributed by atoms with van der Waals surface area (Å²) in [5.74, 6) is -0.821. The lowest BCUT2D eigenvalue weighted by Gasteiger charge is -2.30. The molecule has 0 fully saturated rings. The molecule has 0 N–H and O–H groups in total. The maximum Gasteiger partial charge on any atom is 0.331 e. The molecule has 0 aromatic heterocycles. The first-order valence-electron chi connectivity index (χ1n) is 7.33. The summed E-state index contributed by atoms with van der Waals surface area (Å²) in [4.78, 5) is 25.5. The van der Waals surface area contributed by atoms with Gasteiger partial charge in [0, 0.05) is 28.2 Å². The van der Waals surface area contributed by atoms with Crippen molar-refractivity contribution in [1.29, 1.82) is 0 Å². The largest absolute Gasteiger partial charge is 0.452 e. The number of ether oxygens (including phenoxy) is 1. The first kappa shape index (κ1) is 19.5. The first-order valence-corrected chi connectivity index (χ1v) is 8.09. The lowest BCUT2D eigenvalue weighted by Crippen LogP contribution is -2.44. The minimum atomic E-state index is -0.600. The SMILES string of the molecule is CC(C)N(C(=O)COC(=O)C=Cc1ccc(Cl)cc1Cl)C(C)C. The molecule has 1 rings (SSSR count). The van der Waals surface area contributed by atoms with Gasteiger partial charge in [0.25, 0.3) is 5.91 Å². The van der Waals surface area contributed by atoms with Crippen molar-refractivity contribution in [2.45, 2.75) is 39.8 Å². The zero-order valence-corrected chi connectivity index (χ0v) is 15.2. The molecular formula is C17H21Cl2NO3. The van der Waals surface area contributed by atoms with Crippen molar-refractivity contribution in [3.05, 3.63) is 39.9 Å². The molecule has 0 saturated heterocycles. The topological polar surface area (TPSA) is 46.6 Å². The van der Waals surface area contributed by atoms with Crippen LogP contribution < -0.4 is 0 Å². The highest BCUT2D eigenvalue weighted by Gasteiger charge is 2.20. The van der Waals surface area contributed by atoms with Crippen molar-refractivity contribution in [2.75, 3.05) is 6.61 Å². The molecule has 0 unspecified atom stereocenters. The fourth-order valence-electron chi connectivity index (χ4n) is 2.22. The number of rotatable bonds is 6. The maximum absolute atomic E-state index is 12.1. The summed E-state index contributed by atoms with van der Waals surface area (Å²) in [6, 6.07) is 5.04. The van der Waals surface area contributed by atoms with E-state index in [-0.39, 0.29) is 24.6 Å². The van der Waals surface area contributed by atoms with Gasteiger partial charge in [-0.15, -0.1) is 0 Å². The first-order chi connectivity index (χ1) is 10.7. The molecule has 23 heavy (non-hydrogen) atoms. The van der Waals surface area contributed by atoms with E-state index in [1.807, 2.05) is 27.7 Å². The number of carbonyl (C=O) groups excluding carboxylic acids is 2. The van der Waals surface area contributed by atoms with E-state index in [1.54, 1.807) is 23.1 Å². The number of amides is 1. The lowest BCUT2D eigenvalue weighted by atomic mass is 10.2. The van der Waals surface area contributed by atoms with Gasteiger partial charge in [0.15, 0.2) is 6.61 Å². The molecule has 0 heterocycles. The van der Waals surface area contributed by atoms with E-state index in [1.165, 1.54) is 12.2 Å². The molecule has 1 aromatic carbocycles. The Kier molecular flexibility index (Phi) is 7.59. The van der Waals surface area contributed by atoms with Crippen molar-refractivity contribution < 1.29 is 14.3 Å². The predicted molar refractivity (Wildman–Crippen MR) is 93.6 cm³/mol. The fourth-order valence-corrected chi connectivity index (χ4v) is 2.69. The van der Waals surface area contributed by atoms with Gasteiger partial charge in [-0.25, -0.2) is 4.79 Å². The average Bonchev–Trinajstić information content (AvgIpc) is 2.43. The summed E-state index contributed by atoms with van der Waals surface area (Å²) in [7, 11) is 0. The molecule has 1 amide bonds. The summed E-state index contributed by atoms with van der Waals surface area (Å²) in [6.07, 6.45) is 2.76. The fraction of sp³-hybridized carbons (Fsp3) is 0.412. The molecule has 0 radical (unpaired) electrons. The number of carbonyl (C=O) groups is 2. The Morgan fingerprint density at radius 2 is 1.78 bits per heavy atom. The van der Waals surface area contributed by atoms with Crippen LogP contribution >= 0.6 is 23.2 Å². The lowest BCUT2D eigenvalue weighted by molar-refractivity contribution is -0.150. The van der Waals surface area contributed by atoms with Crippen molar-refractivity contribution in [3.63, 3.8) is 0 Å². The van der Waals surface area contributed by atoms with Crippen LogP contribution in [-0.4, -0.2) is 35.5 Å². The van der Waals surface area contributed by atoms with Gasteiger partial charge in [0.1, 0.15) is 0 Å². The Morgan fingerprint density at radius 3 is 2.30 bits per heavy atom. The molecule has 0 aliphatic heterocycles. The van der Waals surface area contributed by atoms with E-state index in [0.29, 0.717) is 15.6 Å². The summed E-state index contributed by atoms with van der Waals surface area (Å²) >= 11 is 11.8. The molecule has 0 bridgehead atoms. The molecule has 4 nitrogen and oxygen atoms in total. The van der Waals surface area contributed by atoms with Gasteiger partial charge in [-0.05, 0) is 51.5 Å². The second-order valence-corrected chi connectivity index (χ2v) is 6.44. The van der Waals surface area contributed by atoms with Crippen LogP contribution in [-0.2, 0) is 14.3 Å². The number of hydrogen-bond donors (Lipinski definition) is 0. The third kappa shape index (κ3) is 6.24. The van der Waals surface area contributed by atoms with E-state index >= 15 is 0 Å². The summed E-state index contributed by atoms with van der Waals surface area (Å²) in [6.45, 7) is 7.39. The molecule has 0 saturated carbocycles. The number of benzene rings is 1. The van der Waals surface area contributed by atoms with Crippen molar-refractivity contribution in [2.24, 2.45) is 0 Å². The number of halogens is 2.